The Hall–Kier alpha value is -14.5. The first-order chi connectivity index (χ1) is 60.0. The maximum absolute atomic E-state index is 14.4. The van der Waals surface area contributed by atoms with Gasteiger partial charge in [0, 0.05) is 53.0 Å². The quantitative estimate of drug-likeness (QED) is 0.0596. The molecule has 125 heavy (non-hydrogen) atoms. The lowest BCUT2D eigenvalue weighted by atomic mass is 10.1. The van der Waals surface area contributed by atoms with E-state index in [0.717, 1.165) is 77.7 Å². The van der Waals surface area contributed by atoms with Crippen LogP contribution in [0.1, 0.15) is 136 Å². The summed E-state index contributed by atoms with van der Waals surface area (Å²) in [5, 5.41) is 32.4. The number of amides is 7. The van der Waals surface area contributed by atoms with Gasteiger partial charge in [0.05, 0.1) is 57.0 Å². The van der Waals surface area contributed by atoms with E-state index in [2.05, 4.69) is 62.3 Å². The number of carboxylic acids is 1. The third-order valence-corrected chi connectivity index (χ3v) is 23.3. The zero-order valence-corrected chi connectivity index (χ0v) is 67.0. The molecule has 4 aromatic carbocycles. The fourth-order valence-corrected chi connectivity index (χ4v) is 16.5. The summed E-state index contributed by atoms with van der Waals surface area (Å²) >= 11 is 0. The molecule has 4 aliphatic heterocycles. The van der Waals surface area contributed by atoms with E-state index in [1.165, 1.54) is 95.0 Å². The average molecular weight is 1710 g/mol. The maximum atomic E-state index is 14.4. The number of carbonyl (C=O) groups excluding carboxylic acids is 7. The van der Waals surface area contributed by atoms with Gasteiger partial charge in [-0.05, 0) is 190 Å². The molecule has 4 fully saturated rings. The molecule has 640 valence electrons. The standard InChI is InChI=1S/3C22H19F2N5O2.C11H8F2N2O2.C11H13N3O/c3*1-28-20-14(3-2-8-25-20)15-9-16(15)18(22(28)31)26-21(30)19-17(24)11-29(27-19)10-12-4-6-13(23)7-5-12;12-8-3-1-7(2-4-8)5-15-6-9(13)10(14-15)11(16)17;1-14-10-6(3-2-4-13-10)7-5-8(7)9(12)11(14)15/h3*2-8,11,15-16,18H,9-10H2,1H3,(H,26,30);1-4,6H,5H2,(H,16,17);2-4,7-9H,5,12H2,1H3/t2*15-,16?,18-;15-,16-,18-;;7-,8?,9-/m100.0/s1. The minimum absolute atomic E-state index is 0.0139. The number of nitrogens with one attached hydrogen (secondary N) is 3. The Morgan fingerprint density at radius 1 is 0.352 bits per heavy atom. The van der Waals surface area contributed by atoms with E-state index in [-0.39, 0.29) is 132 Å². The van der Waals surface area contributed by atoms with E-state index >= 15 is 0 Å². The fraction of sp³-hybridized carbons (Fsp3) is 0.273. The number of rotatable bonds is 15. The molecule has 3 unspecified atom stereocenters. The van der Waals surface area contributed by atoms with Crippen molar-refractivity contribution in [3.63, 3.8) is 0 Å². The fourth-order valence-electron chi connectivity index (χ4n) is 16.5. The van der Waals surface area contributed by atoms with Gasteiger partial charge in [0.15, 0.2) is 40.4 Å². The van der Waals surface area contributed by atoms with E-state index < -0.39 is 70.8 Å². The Labute approximate surface area is 706 Å². The lowest BCUT2D eigenvalue weighted by Crippen LogP contribution is -2.48. The van der Waals surface area contributed by atoms with Crippen LogP contribution in [0.15, 0.2) is 195 Å². The van der Waals surface area contributed by atoms with E-state index in [0.29, 0.717) is 51.5 Å². The van der Waals surface area contributed by atoms with Gasteiger partial charge >= 0.3 is 5.97 Å². The van der Waals surface area contributed by atoms with Crippen LogP contribution in [0.3, 0.4) is 0 Å². The van der Waals surface area contributed by atoms with Gasteiger partial charge in [0.2, 0.25) is 11.6 Å². The third kappa shape index (κ3) is 17.9. The minimum Gasteiger partial charge on any atom is -0.476 e. The van der Waals surface area contributed by atoms with E-state index in [1.54, 1.807) is 94.3 Å². The smallest absolute Gasteiger partial charge is 0.359 e. The van der Waals surface area contributed by atoms with Crippen LogP contribution in [0.2, 0.25) is 0 Å². The first-order valence-corrected chi connectivity index (χ1v) is 39.7. The molecular formula is C88H78F8N20O9. The lowest BCUT2D eigenvalue weighted by Gasteiger charge is -2.22. The van der Waals surface area contributed by atoms with Crippen LogP contribution in [0, 0.1) is 70.2 Å². The number of benzene rings is 4. The second-order valence-electron chi connectivity index (χ2n) is 31.6. The molecule has 0 spiro atoms. The highest BCUT2D eigenvalue weighted by molar-refractivity contribution is 6.05. The minimum atomic E-state index is -1.42. The number of carboxylic acid groups (broad SMARTS) is 1. The number of aromatic carboxylic acids is 1. The van der Waals surface area contributed by atoms with Crippen molar-refractivity contribution in [1.82, 2.24) is 75.0 Å². The van der Waals surface area contributed by atoms with Gasteiger partial charge in [0.1, 0.15) is 64.7 Å². The summed E-state index contributed by atoms with van der Waals surface area (Å²) < 4.78 is 113. The monoisotopic (exact) mass is 1710 g/mol. The van der Waals surface area contributed by atoms with Crippen molar-refractivity contribution in [3.05, 3.63) is 309 Å². The first kappa shape index (κ1) is 84.1. The molecule has 6 N–H and O–H groups in total. The number of nitrogens with zero attached hydrogens (tertiary/aromatic N) is 16. The first-order valence-electron chi connectivity index (χ1n) is 39.7. The second-order valence-corrected chi connectivity index (χ2v) is 31.6. The van der Waals surface area contributed by atoms with E-state index in [1.807, 2.05) is 42.5 Å². The largest absolute Gasteiger partial charge is 0.476 e. The molecule has 37 heteroatoms. The normalized spacial score (nSPS) is 21.6. The summed E-state index contributed by atoms with van der Waals surface area (Å²) in [6.45, 7) is 0.730. The van der Waals surface area contributed by atoms with Crippen LogP contribution >= 0.6 is 0 Å². The Morgan fingerprint density at radius 2 is 0.584 bits per heavy atom. The van der Waals surface area contributed by atoms with Crippen LogP contribution in [0.25, 0.3) is 0 Å². The number of hydrogen-bond donors (Lipinski definition) is 5. The van der Waals surface area contributed by atoms with Crippen LogP contribution in [-0.2, 0) is 45.4 Å². The van der Waals surface area contributed by atoms with Crippen molar-refractivity contribution >= 4 is 70.6 Å². The molecule has 7 amide bonds. The number of aromatic nitrogens is 12. The summed E-state index contributed by atoms with van der Waals surface area (Å²) in [4.78, 5) is 123. The number of anilines is 4. The molecule has 4 aliphatic carbocycles. The Morgan fingerprint density at radius 3 is 0.840 bits per heavy atom. The zero-order valence-electron chi connectivity index (χ0n) is 67.0. The molecule has 4 saturated carbocycles. The maximum Gasteiger partial charge on any atom is 0.359 e. The predicted molar refractivity (Wildman–Crippen MR) is 433 cm³/mol. The highest BCUT2D eigenvalue weighted by Crippen LogP contribution is 2.57. The number of fused-ring (bicyclic) bond motifs is 12. The third-order valence-electron chi connectivity index (χ3n) is 23.3. The van der Waals surface area contributed by atoms with E-state index in [4.69, 9.17) is 10.8 Å². The Kier molecular flexibility index (Phi) is 23.4. The van der Waals surface area contributed by atoms with Gasteiger partial charge in [-0.2, -0.15) is 20.4 Å². The molecule has 12 aromatic rings. The van der Waals surface area contributed by atoms with Crippen molar-refractivity contribution in [3.8, 4) is 0 Å². The van der Waals surface area contributed by atoms with Gasteiger partial charge in [-0.1, -0.05) is 72.8 Å². The molecule has 20 rings (SSSR count). The highest BCUT2D eigenvalue weighted by atomic mass is 19.2. The molecule has 0 radical (unpaired) electrons. The van der Waals surface area contributed by atoms with Crippen molar-refractivity contribution in [2.24, 2.45) is 29.4 Å². The number of nitrogens with two attached hydrogens (primary N) is 1. The predicted octanol–water partition coefficient (Wildman–Crippen LogP) is 9.85. The molecule has 8 aromatic heterocycles. The van der Waals surface area contributed by atoms with Crippen molar-refractivity contribution in [2.75, 3.05) is 47.8 Å². The molecule has 29 nitrogen and oxygen atoms in total. The van der Waals surface area contributed by atoms with Gasteiger partial charge in [0.25, 0.3) is 35.4 Å². The number of halogens is 8. The second kappa shape index (κ2) is 34.8. The van der Waals surface area contributed by atoms with Crippen molar-refractivity contribution in [1.29, 1.82) is 0 Å². The Bertz CT molecular complexity index is 5730. The van der Waals surface area contributed by atoms with Crippen molar-refractivity contribution < 1.29 is 78.6 Å². The topological polar surface area (TPSA) is 355 Å². The number of pyridine rings is 4. The molecular weight excluding hydrogens is 1630 g/mol. The summed E-state index contributed by atoms with van der Waals surface area (Å²) in [5.74, 6) is -5.74. The van der Waals surface area contributed by atoms with Crippen LogP contribution in [-0.4, -0.2) is 164 Å². The summed E-state index contributed by atoms with van der Waals surface area (Å²) in [6.07, 6.45) is 14.2. The summed E-state index contributed by atoms with van der Waals surface area (Å²) in [6, 6.07) is 35.4. The molecule has 8 aliphatic rings. The van der Waals surface area contributed by atoms with Crippen LogP contribution < -0.4 is 41.3 Å². The van der Waals surface area contributed by atoms with Gasteiger partial charge in [-0.25, -0.2) is 59.9 Å². The Balaban J connectivity index is 0.000000118. The van der Waals surface area contributed by atoms with Crippen LogP contribution in [0.5, 0.6) is 0 Å². The van der Waals surface area contributed by atoms with Gasteiger partial charge in [-0.15, -0.1) is 0 Å². The highest BCUT2D eigenvalue weighted by Gasteiger charge is 2.56. The lowest BCUT2D eigenvalue weighted by molar-refractivity contribution is -0.121. The molecule has 12 heterocycles. The average Bonchev–Trinajstić information content (AvgIpc) is 1.60. The summed E-state index contributed by atoms with van der Waals surface area (Å²) in [7, 11) is 6.61. The summed E-state index contributed by atoms with van der Waals surface area (Å²) in [5.41, 5.74) is 11.1. The zero-order chi connectivity index (χ0) is 88.1. The molecule has 12 atom stereocenters. The molecule has 0 saturated heterocycles. The number of hydrogen-bond acceptors (Lipinski definition) is 17. The molecule has 0 bridgehead atoms. The SMILES string of the molecule is CN1C(=O)[C@@H](N)C2C[C@H]2c2cccnc21.CN1C(=O)[C@@H](NC(=O)c2nn(Cc3ccc(F)cc3)cc2F)C2C[C@H]2c2cccnc21.CN1C(=O)[C@@H](NC(=O)c2nn(Cc3ccc(F)cc3)cc2F)[C@H]2C[C@H]2c2cccnc21.CN1C(=O)[C@H](NC(=O)c2nn(Cc3ccc(F)cc3)cc2F)C2C[C@@H]2c2cccnc21.O=C(O)c1nn(Cc2ccc(F)cc2)cc1F. The number of likely N-dealkylation sites (N-methyl/N-ethyl adjacent to an activating group) is 4. The van der Waals surface area contributed by atoms with Gasteiger partial charge < -0.3 is 26.8 Å². The van der Waals surface area contributed by atoms with Crippen molar-refractivity contribution in [2.45, 2.75) is 99.7 Å². The van der Waals surface area contributed by atoms with Gasteiger partial charge in [-0.3, -0.25) is 71.9 Å². The van der Waals surface area contributed by atoms with Crippen LogP contribution in [0.4, 0.5) is 58.4 Å². The van der Waals surface area contributed by atoms with E-state index in [9.17, 15) is 73.5 Å². The number of carbonyl (C=O) groups is 8.